The van der Waals surface area contributed by atoms with Gasteiger partial charge in [-0.05, 0) is 104 Å². The van der Waals surface area contributed by atoms with Crippen molar-refractivity contribution in [3.63, 3.8) is 0 Å². The number of rotatable bonds is 9. The van der Waals surface area contributed by atoms with Crippen LogP contribution in [0.25, 0.3) is 0 Å². The molecule has 240 valence electrons. The SMILES string of the molecule is CC[C@H](CC[C@@H](C)[C@H]1CC[C@H]2[C@@H]3C(=O)C=C4CC(O[C@@H]5O[C@H](CO)[C@@H](O)[C@H](O)[C@H]5O)CC[C@]4(C)[C@H]3CC[C@]12C)C(C)C. The van der Waals surface area contributed by atoms with Crippen LogP contribution in [-0.4, -0.2) is 69.6 Å². The lowest BCUT2D eigenvalue weighted by molar-refractivity contribution is -0.313. The van der Waals surface area contributed by atoms with Crippen molar-refractivity contribution in [2.24, 2.45) is 52.3 Å². The van der Waals surface area contributed by atoms with Gasteiger partial charge in [0.15, 0.2) is 12.1 Å². The quantitative estimate of drug-likeness (QED) is 0.298. The molecule has 7 nitrogen and oxygen atoms in total. The third-order valence-electron chi connectivity index (χ3n) is 13.3. The van der Waals surface area contributed by atoms with Crippen LogP contribution in [0.2, 0.25) is 0 Å². The molecular formula is C35H58O7. The average Bonchev–Trinajstić information content (AvgIpc) is 3.31. The Kier molecular flexibility index (Phi) is 9.70. The number of carbonyl (C=O) groups is 1. The van der Waals surface area contributed by atoms with Crippen LogP contribution in [0.4, 0.5) is 0 Å². The maximum Gasteiger partial charge on any atom is 0.186 e. The maximum atomic E-state index is 14.0. The fourth-order valence-corrected chi connectivity index (χ4v) is 10.5. The molecule has 14 atom stereocenters. The molecule has 0 amide bonds. The van der Waals surface area contributed by atoms with Crippen molar-refractivity contribution in [1.82, 2.24) is 0 Å². The van der Waals surface area contributed by atoms with Crippen LogP contribution in [-0.2, 0) is 14.3 Å². The molecule has 1 saturated heterocycles. The summed E-state index contributed by atoms with van der Waals surface area (Å²) in [6.07, 6.45) is 6.15. The molecule has 0 radical (unpaired) electrons. The topological polar surface area (TPSA) is 116 Å². The van der Waals surface area contributed by atoms with Crippen molar-refractivity contribution >= 4 is 5.78 Å². The summed E-state index contributed by atoms with van der Waals surface area (Å²) in [6, 6.07) is 0. The number of aliphatic hydroxyl groups is 4. The zero-order valence-electron chi connectivity index (χ0n) is 26.9. The molecule has 5 rings (SSSR count). The van der Waals surface area contributed by atoms with Gasteiger partial charge in [0.05, 0.1) is 12.7 Å². The average molecular weight is 591 g/mol. The van der Waals surface area contributed by atoms with Crippen molar-refractivity contribution in [1.29, 1.82) is 0 Å². The van der Waals surface area contributed by atoms with E-state index >= 15 is 0 Å². The monoisotopic (exact) mass is 590 g/mol. The summed E-state index contributed by atoms with van der Waals surface area (Å²) in [7, 11) is 0. The molecule has 4 aliphatic carbocycles. The number of hydrogen-bond donors (Lipinski definition) is 4. The molecule has 42 heavy (non-hydrogen) atoms. The van der Waals surface area contributed by atoms with E-state index in [0.717, 1.165) is 36.7 Å². The zero-order valence-corrected chi connectivity index (χ0v) is 26.9. The van der Waals surface area contributed by atoms with E-state index in [-0.39, 0.29) is 22.9 Å². The minimum atomic E-state index is -1.45. The Morgan fingerprint density at radius 1 is 0.976 bits per heavy atom. The molecule has 7 heteroatoms. The van der Waals surface area contributed by atoms with E-state index in [0.29, 0.717) is 35.9 Å². The molecule has 0 aromatic rings. The Morgan fingerprint density at radius 2 is 1.71 bits per heavy atom. The summed E-state index contributed by atoms with van der Waals surface area (Å²) in [4.78, 5) is 14.0. The van der Waals surface area contributed by atoms with E-state index in [9.17, 15) is 25.2 Å². The maximum absolute atomic E-state index is 14.0. The minimum absolute atomic E-state index is 0.0372. The van der Waals surface area contributed by atoms with Crippen LogP contribution < -0.4 is 0 Å². The first kappa shape index (κ1) is 32.6. The van der Waals surface area contributed by atoms with Crippen molar-refractivity contribution < 1.29 is 34.7 Å². The number of hydrogen-bond acceptors (Lipinski definition) is 7. The van der Waals surface area contributed by atoms with Crippen LogP contribution >= 0.6 is 0 Å². The molecule has 1 heterocycles. The van der Waals surface area contributed by atoms with Gasteiger partial charge < -0.3 is 29.9 Å². The molecule has 0 bridgehead atoms. The highest BCUT2D eigenvalue weighted by Gasteiger charge is 2.61. The van der Waals surface area contributed by atoms with E-state index in [4.69, 9.17) is 9.47 Å². The molecule has 4 fully saturated rings. The van der Waals surface area contributed by atoms with Gasteiger partial charge in [-0.3, -0.25) is 4.79 Å². The Bertz CT molecular complexity index is 994. The normalized spacial score (nSPS) is 46.9. The number of carbonyl (C=O) groups excluding carboxylic acids is 1. The largest absolute Gasteiger partial charge is 0.394 e. The number of ketones is 1. The summed E-state index contributed by atoms with van der Waals surface area (Å²) in [5.74, 6) is 4.16. The van der Waals surface area contributed by atoms with Gasteiger partial charge in [0, 0.05) is 5.92 Å². The zero-order chi connectivity index (χ0) is 30.6. The smallest absolute Gasteiger partial charge is 0.186 e. The first-order valence-electron chi connectivity index (χ1n) is 17.1. The summed E-state index contributed by atoms with van der Waals surface area (Å²) in [6.45, 7) is 13.9. The van der Waals surface area contributed by atoms with Gasteiger partial charge >= 0.3 is 0 Å². The van der Waals surface area contributed by atoms with Gasteiger partial charge in [-0.2, -0.15) is 0 Å². The summed E-state index contributed by atoms with van der Waals surface area (Å²) < 4.78 is 11.8. The lowest BCUT2D eigenvalue weighted by Gasteiger charge is -2.58. The first-order valence-corrected chi connectivity index (χ1v) is 17.1. The van der Waals surface area contributed by atoms with E-state index in [1.807, 2.05) is 6.08 Å². The Hall–Kier alpha value is -0.830. The molecule has 1 unspecified atom stereocenters. The van der Waals surface area contributed by atoms with Gasteiger partial charge in [0.2, 0.25) is 0 Å². The predicted molar refractivity (Wildman–Crippen MR) is 161 cm³/mol. The summed E-state index contributed by atoms with van der Waals surface area (Å²) >= 11 is 0. The lowest BCUT2D eigenvalue weighted by atomic mass is 9.46. The van der Waals surface area contributed by atoms with Crippen LogP contribution in [0.15, 0.2) is 11.6 Å². The molecule has 0 aromatic carbocycles. The first-order chi connectivity index (χ1) is 19.8. The highest BCUT2D eigenvalue weighted by Crippen LogP contribution is 2.67. The van der Waals surface area contributed by atoms with Gasteiger partial charge in [0.25, 0.3) is 0 Å². The molecular weight excluding hydrogens is 532 g/mol. The highest BCUT2D eigenvalue weighted by atomic mass is 16.7. The van der Waals surface area contributed by atoms with E-state index in [1.54, 1.807) is 0 Å². The molecule has 0 spiro atoms. The summed E-state index contributed by atoms with van der Waals surface area (Å²) in [5.41, 5.74) is 1.35. The predicted octanol–water partition coefficient (Wildman–Crippen LogP) is 5.03. The van der Waals surface area contributed by atoms with Crippen molar-refractivity contribution in [3.8, 4) is 0 Å². The van der Waals surface area contributed by atoms with Crippen LogP contribution in [0.3, 0.4) is 0 Å². The lowest BCUT2D eigenvalue weighted by Crippen LogP contribution is -2.60. The van der Waals surface area contributed by atoms with Gasteiger partial charge in [-0.1, -0.05) is 60.0 Å². The Balaban J connectivity index is 1.27. The van der Waals surface area contributed by atoms with E-state index in [1.165, 1.54) is 38.5 Å². The van der Waals surface area contributed by atoms with Gasteiger partial charge in [-0.25, -0.2) is 0 Å². The number of allylic oxidation sites excluding steroid dienone is 1. The second kappa shape index (κ2) is 12.5. The molecule has 5 aliphatic rings. The van der Waals surface area contributed by atoms with Crippen LogP contribution in [0.1, 0.15) is 106 Å². The van der Waals surface area contributed by atoms with Crippen LogP contribution in [0, 0.1) is 52.3 Å². The van der Waals surface area contributed by atoms with E-state index < -0.39 is 37.3 Å². The second-order valence-electron chi connectivity index (χ2n) is 15.6. The molecule has 0 aromatic heterocycles. The minimum Gasteiger partial charge on any atom is -0.394 e. The standard InChI is InChI=1S/C35H58O7/c1-7-21(19(2)3)9-8-20(4)24-10-11-25-29-26(13-15-35(24,25)6)34(5)14-12-23(16-22(34)17-27(29)37)41-33-32(40)31(39)30(38)28(18-36)42-33/h17,19-21,23-26,28-33,36,38-40H,7-16,18H2,1-6H3/t20-,21-,23?,24-,25+,26+,28-,29+,30-,31+,32-,33-,34+,35-/m1/s1. The number of fused-ring (bicyclic) bond motifs is 5. The molecule has 3 saturated carbocycles. The third-order valence-corrected chi connectivity index (χ3v) is 13.3. The highest BCUT2D eigenvalue weighted by molar-refractivity contribution is 5.94. The number of aliphatic hydroxyl groups excluding tert-OH is 4. The Labute approximate surface area is 253 Å². The fraction of sp³-hybridized carbons (Fsp3) is 0.914. The summed E-state index contributed by atoms with van der Waals surface area (Å²) in [5, 5.41) is 40.4. The van der Waals surface area contributed by atoms with Crippen molar-refractivity contribution in [2.75, 3.05) is 6.61 Å². The van der Waals surface area contributed by atoms with Gasteiger partial charge in [-0.15, -0.1) is 0 Å². The second-order valence-corrected chi connectivity index (χ2v) is 15.6. The Morgan fingerprint density at radius 3 is 2.38 bits per heavy atom. The number of ether oxygens (including phenoxy) is 2. The third kappa shape index (κ3) is 5.58. The van der Waals surface area contributed by atoms with E-state index in [2.05, 4.69) is 41.5 Å². The van der Waals surface area contributed by atoms with Gasteiger partial charge in [0.1, 0.15) is 24.4 Å². The molecule has 1 aliphatic heterocycles. The van der Waals surface area contributed by atoms with Crippen LogP contribution in [0.5, 0.6) is 0 Å². The fourth-order valence-electron chi connectivity index (χ4n) is 10.5. The van der Waals surface area contributed by atoms with Crippen molar-refractivity contribution in [2.45, 2.75) is 143 Å². The molecule has 4 N–H and O–H groups in total. The van der Waals surface area contributed by atoms with Crippen molar-refractivity contribution in [3.05, 3.63) is 11.6 Å².